The van der Waals surface area contributed by atoms with Gasteiger partial charge in [0.15, 0.2) is 0 Å². The lowest BCUT2D eigenvalue weighted by molar-refractivity contribution is -0.142. The van der Waals surface area contributed by atoms with Crippen LogP contribution in [0.5, 0.6) is 5.88 Å². The molecule has 2 aromatic rings. The minimum absolute atomic E-state index is 0.0731. The summed E-state index contributed by atoms with van der Waals surface area (Å²) >= 11 is 0. The van der Waals surface area contributed by atoms with E-state index in [1.165, 1.54) is 12.1 Å². The molecule has 8 heteroatoms. The van der Waals surface area contributed by atoms with Crippen LogP contribution in [0.4, 0.5) is 13.2 Å². The van der Waals surface area contributed by atoms with Gasteiger partial charge in [-0.3, -0.25) is 14.3 Å². The van der Waals surface area contributed by atoms with Crippen molar-refractivity contribution < 1.29 is 18.3 Å². The summed E-state index contributed by atoms with van der Waals surface area (Å²) in [6, 6.07) is 7.61. The molecular formula is C12H9F3N2O3. The van der Waals surface area contributed by atoms with Gasteiger partial charge in [0, 0.05) is 0 Å². The topological polar surface area (TPSA) is 75.1 Å². The first kappa shape index (κ1) is 13.9. The average Bonchev–Trinajstić information content (AvgIpc) is 2.34. The molecule has 20 heavy (non-hydrogen) atoms. The summed E-state index contributed by atoms with van der Waals surface area (Å²) in [6.07, 6.45) is -4.70. The van der Waals surface area contributed by atoms with Gasteiger partial charge in [0.2, 0.25) is 5.88 Å². The third-order valence-electron chi connectivity index (χ3n) is 2.57. The van der Waals surface area contributed by atoms with E-state index >= 15 is 0 Å². The normalized spacial score (nSPS) is 11.6. The van der Waals surface area contributed by atoms with Crippen LogP contribution in [0.1, 0.15) is 0 Å². The van der Waals surface area contributed by atoms with Crippen molar-refractivity contribution in [2.75, 3.05) is 0 Å². The molecule has 0 aliphatic carbocycles. The molecule has 0 unspecified atom stereocenters. The van der Waals surface area contributed by atoms with Crippen molar-refractivity contribution in [3.05, 3.63) is 51.2 Å². The van der Waals surface area contributed by atoms with Crippen LogP contribution in [0.15, 0.2) is 39.9 Å². The number of nitrogens with one attached hydrogen (secondary N) is 1. The molecule has 0 atom stereocenters. The largest absolute Gasteiger partial charge is 0.494 e. The summed E-state index contributed by atoms with van der Waals surface area (Å²) in [5, 5.41) is 9.81. The highest BCUT2D eigenvalue weighted by Crippen LogP contribution is 2.26. The lowest BCUT2D eigenvalue weighted by Crippen LogP contribution is -2.34. The van der Waals surface area contributed by atoms with E-state index in [1.807, 2.05) is 0 Å². The third-order valence-corrected chi connectivity index (χ3v) is 2.57. The number of nitrogens with zero attached hydrogens (tertiary/aromatic N) is 1. The molecule has 0 fully saturated rings. The Morgan fingerprint density at radius 2 is 1.75 bits per heavy atom. The van der Waals surface area contributed by atoms with Crippen molar-refractivity contribution >= 4 is 0 Å². The van der Waals surface area contributed by atoms with Crippen LogP contribution in [0.25, 0.3) is 11.1 Å². The number of H-pyrrole nitrogens is 1. The summed E-state index contributed by atoms with van der Waals surface area (Å²) in [6.45, 7) is -1.69. The van der Waals surface area contributed by atoms with Gasteiger partial charge in [-0.05, 0) is 5.56 Å². The highest BCUT2D eigenvalue weighted by atomic mass is 19.4. The minimum atomic E-state index is -4.70. The van der Waals surface area contributed by atoms with Gasteiger partial charge >= 0.3 is 11.9 Å². The highest BCUT2D eigenvalue weighted by molar-refractivity contribution is 5.67. The maximum Gasteiger partial charge on any atom is 0.406 e. The number of halogens is 3. The van der Waals surface area contributed by atoms with E-state index < -0.39 is 29.9 Å². The first-order valence-corrected chi connectivity index (χ1v) is 5.48. The smallest absolute Gasteiger partial charge is 0.406 e. The minimum Gasteiger partial charge on any atom is -0.494 e. The van der Waals surface area contributed by atoms with Crippen LogP contribution in [0, 0.1) is 0 Å². The van der Waals surface area contributed by atoms with E-state index in [-0.39, 0.29) is 15.7 Å². The van der Waals surface area contributed by atoms with Gasteiger partial charge in [-0.15, -0.1) is 0 Å². The van der Waals surface area contributed by atoms with Gasteiger partial charge in [-0.2, -0.15) is 13.2 Å². The molecule has 0 saturated heterocycles. The number of aromatic nitrogens is 2. The van der Waals surface area contributed by atoms with Crippen molar-refractivity contribution in [1.82, 2.24) is 9.55 Å². The average molecular weight is 286 g/mol. The van der Waals surface area contributed by atoms with Gasteiger partial charge in [-0.1, -0.05) is 30.3 Å². The van der Waals surface area contributed by atoms with Crippen LogP contribution >= 0.6 is 0 Å². The van der Waals surface area contributed by atoms with E-state index in [1.54, 1.807) is 23.2 Å². The summed E-state index contributed by atoms with van der Waals surface area (Å²) in [7, 11) is 0. The molecule has 2 N–H and O–H groups in total. The number of rotatable bonds is 2. The van der Waals surface area contributed by atoms with Crippen molar-refractivity contribution in [2.24, 2.45) is 0 Å². The lowest BCUT2D eigenvalue weighted by atomic mass is 10.1. The quantitative estimate of drug-likeness (QED) is 0.878. The van der Waals surface area contributed by atoms with Gasteiger partial charge in [-0.25, -0.2) is 4.79 Å². The van der Waals surface area contributed by atoms with Crippen LogP contribution < -0.4 is 11.2 Å². The number of aromatic hydroxyl groups is 1. The molecule has 1 heterocycles. The fourth-order valence-electron chi connectivity index (χ4n) is 1.75. The lowest BCUT2D eigenvalue weighted by Gasteiger charge is -2.13. The molecule has 0 aliphatic heterocycles. The Morgan fingerprint density at radius 3 is 2.30 bits per heavy atom. The molecule has 0 aliphatic rings. The first-order valence-electron chi connectivity index (χ1n) is 5.48. The molecule has 0 spiro atoms. The van der Waals surface area contributed by atoms with Gasteiger partial charge in [0.1, 0.15) is 12.1 Å². The first-order chi connectivity index (χ1) is 9.29. The zero-order valence-corrected chi connectivity index (χ0v) is 9.94. The Bertz CT molecular complexity index is 732. The second-order valence-corrected chi connectivity index (χ2v) is 4.03. The summed E-state index contributed by atoms with van der Waals surface area (Å²) in [5.41, 5.74) is -2.43. The Morgan fingerprint density at radius 1 is 1.15 bits per heavy atom. The Balaban J connectivity index is 2.69. The van der Waals surface area contributed by atoms with Crippen LogP contribution in [-0.2, 0) is 6.54 Å². The fourth-order valence-corrected chi connectivity index (χ4v) is 1.75. The number of hydrogen-bond donors (Lipinski definition) is 2. The summed E-state index contributed by atoms with van der Waals surface area (Å²) in [4.78, 5) is 24.8. The molecule has 0 bridgehead atoms. The van der Waals surface area contributed by atoms with E-state index in [0.29, 0.717) is 0 Å². The standard InChI is InChI=1S/C12H9F3N2O3/c13-12(14,15)6-17-10(19)8(9(18)16-11(17)20)7-4-2-1-3-5-7/h1-5,19H,6H2,(H,16,18,20). The number of benzene rings is 1. The number of alkyl halides is 3. The van der Waals surface area contributed by atoms with Gasteiger partial charge in [0.25, 0.3) is 5.56 Å². The van der Waals surface area contributed by atoms with E-state index in [0.717, 1.165) is 0 Å². The molecule has 0 amide bonds. The third kappa shape index (κ3) is 2.73. The number of hydrogen-bond acceptors (Lipinski definition) is 3. The zero-order chi connectivity index (χ0) is 14.9. The second kappa shape index (κ2) is 4.87. The Labute approximate surface area is 109 Å². The molecule has 0 saturated carbocycles. The Hall–Kier alpha value is -2.51. The monoisotopic (exact) mass is 286 g/mol. The maximum atomic E-state index is 12.4. The SMILES string of the molecule is O=c1[nH]c(=O)n(CC(F)(F)F)c(O)c1-c1ccccc1. The predicted octanol–water partition coefficient (Wildman–Crippen LogP) is 1.47. The molecular weight excluding hydrogens is 277 g/mol. The van der Waals surface area contributed by atoms with Gasteiger partial charge < -0.3 is 5.11 Å². The van der Waals surface area contributed by atoms with Crippen LogP contribution in [-0.4, -0.2) is 20.8 Å². The van der Waals surface area contributed by atoms with Crippen molar-refractivity contribution in [3.63, 3.8) is 0 Å². The highest BCUT2D eigenvalue weighted by Gasteiger charge is 2.31. The van der Waals surface area contributed by atoms with Crippen LogP contribution in [0.2, 0.25) is 0 Å². The molecule has 106 valence electrons. The summed E-state index contributed by atoms with van der Waals surface area (Å²) < 4.78 is 37.2. The van der Waals surface area contributed by atoms with Crippen LogP contribution in [0.3, 0.4) is 0 Å². The molecule has 1 aromatic carbocycles. The van der Waals surface area contributed by atoms with Gasteiger partial charge in [0.05, 0.1) is 0 Å². The molecule has 1 aromatic heterocycles. The molecule has 0 radical (unpaired) electrons. The Kier molecular flexibility index (Phi) is 3.39. The van der Waals surface area contributed by atoms with E-state index in [2.05, 4.69) is 0 Å². The van der Waals surface area contributed by atoms with Crippen molar-refractivity contribution in [3.8, 4) is 17.0 Å². The molecule has 5 nitrogen and oxygen atoms in total. The van der Waals surface area contributed by atoms with Crippen molar-refractivity contribution in [1.29, 1.82) is 0 Å². The summed E-state index contributed by atoms with van der Waals surface area (Å²) in [5.74, 6) is -1.01. The molecule has 2 rings (SSSR count). The van der Waals surface area contributed by atoms with E-state index in [9.17, 15) is 27.9 Å². The maximum absolute atomic E-state index is 12.4. The number of aromatic amines is 1. The second-order valence-electron chi connectivity index (χ2n) is 4.03. The van der Waals surface area contributed by atoms with E-state index in [4.69, 9.17) is 0 Å². The predicted molar refractivity (Wildman–Crippen MR) is 64.5 cm³/mol. The van der Waals surface area contributed by atoms with Crippen molar-refractivity contribution in [2.45, 2.75) is 12.7 Å². The fraction of sp³-hybridized carbons (Fsp3) is 0.167. The zero-order valence-electron chi connectivity index (χ0n) is 9.94.